The molecule has 21 heavy (non-hydrogen) atoms. The Hall–Kier alpha value is -1.91. The summed E-state index contributed by atoms with van der Waals surface area (Å²) in [4.78, 5) is 11.8. The van der Waals surface area contributed by atoms with Crippen LogP contribution in [0.4, 0.5) is 4.79 Å². The standard InChI is InChI=1S/C16H24N2O3/c1-11-7-13-14(21-6-5-20-13)8-12(11)9-17-15(19)18-10-16(2,3)4/h7-8H,5-6,9-10H2,1-4H3,(H2,17,18,19). The number of carbonyl (C=O) groups is 1. The monoisotopic (exact) mass is 292 g/mol. The zero-order valence-corrected chi connectivity index (χ0v) is 13.2. The molecule has 0 radical (unpaired) electrons. The number of hydrogen-bond donors (Lipinski definition) is 2. The van der Waals surface area contributed by atoms with Crippen molar-refractivity contribution in [1.29, 1.82) is 0 Å². The zero-order chi connectivity index (χ0) is 15.5. The van der Waals surface area contributed by atoms with Crippen LogP contribution in [0.3, 0.4) is 0 Å². The molecule has 0 aliphatic carbocycles. The number of amides is 2. The second-order valence-electron chi connectivity index (χ2n) is 6.52. The van der Waals surface area contributed by atoms with Gasteiger partial charge < -0.3 is 20.1 Å². The molecule has 116 valence electrons. The van der Waals surface area contributed by atoms with Crippen molar-refractivity contribution in [1.82, 2.24) is 10.6 Å². The zero-order valence-electron chi connectivity index (χ0n) is 13.2. The molecule has 0 unspecified atom stereocenters. The van der Waals surface area contributed by atoms with Gasteiger partial charge in [-0.3, -0.25) is 0 Å². The summed E-state index contributed by atoms with van der Waals surface area (Å²) in [5.41, 5.74) is 2.19. The van der Waals surface area contributed by atoms with E-state index in [2.05, 4.69) is 31.4 Å². The summed E-state index contributed by atoms with van der Waals surface area (Å²) < 4.78 is 11.1. The number of hydrogen-bond acceptors (Lipinski definition) is 3. The molecule has 2 amide bonds. The third-order valence-electron chi connectivity index (χ3n) is 3.22. The van der Waals surface area contributed by atoms with Crippen LogP contribution in [0.25, 0.3) is 0 Å². The average molecular weight is 292 g/mol. The molecule has 1 aliphatic heterocycles. The summed E-state index contributed by atoms with van der Waals surface area (Å²) in [6.07, 6.45) is 0. The van der Waals surface area contributed by atoms with Gasteiger partial charge in [0.1, 0.15) is 13.2 Å². The molecule has 1 aliphatic rings. The summed E-state index contributed by atoms with van der Waals surface area (Å²) >= 11 is 0. The van der Waals surface area contributed by atoms with Crippen LogP contribution >= 0.6 is 0 Å². The van der Waals surface area contributed by atoms with Gasteiger partial charge in [-0.2, -0.15) is 0 Å². The number of nitrogens with one attached hydrogen (secondary N) is 2. The molecule has 1 aromatic carbocycles. The molecule has 0 saturated heterocycles. The highest BCUT2D eigenvalue weighted by atomic mass is 16.6. The predicted octanol–water partition coefficient (Wildman–Crippen LogP) is 2.61. The Morgan fingerprint density at radius 3 is 2.38 bits per heavy atom. The molecule has 5 nitrogen and oxygen atoms in total. The third kappa shape index (κ3) is 4.55. The lowest BCUT2D eigenvalue weighted by Gasteiger charge is -2.21. The van der Waals surface area contributed by atoms with Gasteiger partial charge in [0.05, 0.1) is 0 Å². The van der Waals surface area contributed by atoms with E-state index in [1.165, 1.54) is 0 Å². The lowest BCUT2D eigenvalue weighted by molar-refractivity contribution is 0.171. The number of urea groups is 1. The number of carbonyl (C=O) groups excluding carboxylic acids is 1. The van der Waals surface area contributed by atoms with Gasteiger partial charge in [0.15, 0.2) is 11.5 Å². The van der Waals surface area contributed by atoms with E-state index >= 15 is 0 Å². The van der Waals surface area contributed by atoms with E-state index in [4.69, 9.17) is 9.47 Å². The Morgan fingerprint density at radius 2 is 1.76 bits per heavy atom. The predicted molar refractivity (Wildman–Crippen MR) is 81.9 cm³/mol. The summed E-state index contributed by atoms with van der Waals surface area (Å²) in [6.45, 7) is 10.5. The highest BCUT2D eigenvalue weighted by molar-refractivity contribution is 5.74. The Morgan fingerprint density at radius 1 is 1.14 bits per heavy atom. The van der Waals surface area contributed by atoms with Gasteiger partial charge in [-0.05, 0) is 35.6 Å². The fraction of sp³-hybridized carbons (Fsp3) is 0.562. The first kappa shape index (κ1) is 15.5. The van der Waals surface area contributed by atoms with Crippen molar-refractivity contribution in [2.75, 3.05) is 19.8 Å². The molecule has 0 aromatic heterocycles. The van der Waals surface area contributed by atoms with Gasteiger partial charge in [0, 0.05) is 13.1 Å². The summed E-state index contributed by atoms with van der Waals surface area (Å²) in [7, 11) is 0. The lowest BCUT2D eigenvalue weighted by atomic mass is 9.97. The molecule has 0 saturated carbocycles. The van der Waals surface area contributed by atoms with Crippen LogP contribution in [0.5, 0.6) is 11.5 Å². The van der Waals surface area contributed by atoms with Crippen molar-refractivity contribution >= 4 is 6.03 Å². The van der Waals surface area contributed by atoms with Crippen molar-refractivity contribution in [3.05, 3.63) is 23.3 Å². The van der Waals surface area contributed by atoms with Crippen LogP contribution in [-0.2, 0) is 6.54 Å². The van der Waals surface area contributed by atoms with Gasteiger partial charge in [-0.15, -0.1) is 0 Å². The molecule has 2 rings (SSSR count). The first-order valence-electron chi connectivity index (χ1n) is 7.26. The molecule has 2 N–H and O–H groups in total. The quantitative estimate of drug-likeness (QED) is 0.900. The van der Waals surface area contributed by atoms with E-state index in [1.807, 2.05) is 19.1 Å². The van der Waals surface area contributed by atoms with Gasteiger partial charge in [0.25, 0.3) is 0 Å². The van der Waals surface area contributed by atoms with Crippen molar-refractivity contribution in [3.8, 4) is 11.5 Å². The Kier molecular flexibility index (Phi) is 4.60. The van der Waals surface area contributed by atoms with Crippen LogP contribution in [-0.4, -0.2) is 25.8 Å². The van der Waals surface area contributed by atoms with Crippen molar-refractivity contribution in [2.45, 2.75) is 34.2 Å². The van der Waals surface area contributed by atoms with E-state index in [9.17, 15) is 4.79 Å². The third-order valence-corrected chi connectivity index (χ3v) is 3.22. The van der Waals surface area contributed by atoms with E-state index < -0.39 is 0 Å². The number of benzene rings is 1. The maximum Gasteiger partial charge on any atom is 0.315 e. The molecule has 1 aromatic rings. The Balaban J connectivity index is 1.92. The van der Waals surface area contributed by atoms with Crippen LogP contribution in [0.1, 0.15) is 31.9 Å². The van der Waals surface area contributed by atoms with E-state index in [1.54, 1.807) is 0 Å². The van der Waals surface area contributed by atoms with Gasteiger partial charge in [0.2, 0.25) is 0 Å². The normalized spacial score (nSPS) is 13.7. The van der Waals surface area contributed by atoms with Gasteiger partial charge in [-0.1, -0.05) is 20.8 Å². The highest BCUT2D eigenvalue weighted by Gasteiger charge is 2.15. The molecule has 0 fully saturated rings. The van der Waals surface area contributed by atoms with E-state index in [0.29, 0.717) is 26.3 Å². The van der Waals surface area contributed by atoms with Crippen molar-refractivity contribution in [2.24, 2.45) is 5.41 Å². The topological polar surface area (TPSA) is 59.6 Å². The fourth-order valence-corrected chi connectivity index (χ4v) is 2.01. The summed E-state index contributed by atoms with van der Waals surface area (Å²) in [6, 6.07) is 3.74. The second-order valence-corrected chi connectivity index (χ2v) is 6.52. The van der Waals surface area contributed by atoms with Crippen LogP contribution in [0.15, 0.2) is 12.1 Å². The fourth-order valence-electron chi connectivity index (χ4n) is 2.01. The number of rotatable bonds is 3. The van der Waals surface area contributed by atoms with Gasteiger partial charge in [-0.25, -0.2) is 4.79 Å². The van der Waals surface area contributed by atoms with Crippen molar-refractivity contribution in [3.63, 3.8) is 0 Å². The Labute approximate surface area is 126 Å². The van der Waals surface area contributed by atoms with Crippen LogP contribution < -0.4 is 20.1 Å². The smallest absolute Gasteiger partial charge is 0.315 e. The molecule has 0 atom stereocenters. The maximum atomic E-state index is 11.8. The molecule has 0 bridgehead atoms. The number of ether oxygens (including phenoxy) is 2. The maximum absolute atomic E-state index is 11.8. The van der Waals surface area contributed by atoms with Gasteiger partial charge >= 0.3 is 6.03 Å². The first-order valence-corrected chi connectivity index (χ1v) is 7.26. The number of aryl methyl sites for hydroxylation is 1. The molecular formula is C16H24N2O3. The molecule has 0 spiro atoms. The molecule has 1 heterocycles. The largest absolute Gasteiger partial charge is 0.486 e. The van der Waals surface area contributed by atoms with E-state index in [0.717, 1.165) is 22.6 Å². The lowest BCUT2D eigenvalue weighted by Crippen LogP contribution is -2.39. The van der Waals surface area contributed by atoms with E-state index in [-0.39, 0.29) is 11.4 Å². The highest BCUT2D eigenvalue weighted by Crippen LogP contribution is 2.32. The minimum Gasteiger partial charge on any atom is -0.486 e. The summed E-state index contributed by atoms with van der Waals surface area (Å²) in [5.74, 6) is 1.53. The van der Waals surface area contributed by atoms with Crippen LogP contribution in [0.2, 0.25) is 0 Å². The van der Waals surface area contributed by atoms with Crippen molar-refractivity contribution < 1.29 is 14.3 Å². The minimum absolute atomic E-state index is 0.0737. The second kappa shape index (κ2) is 6.24. The average Bonchev–Trinajstić information content (AvgIpc) is 2.42. The molecule has 5 heteroatoms. The van der Waals surface area contributed by atoms with Crippen LogP contribution in [0, 0.1) is 12.3 Å². The SMILES string of the molecule is Cc1cc2c(cc1CNC(=O)NCC(C)(C)C)OCCO2. The first-order chi connectivity index (χ1) is 9.85. The number of fused-ring (bicyclic) bond motifs is 1. The molecular weight excluding hydrogens is 268 g/mol. The summed E-state index contributed by atoms with van der Waals surface area (Å²) in [5, 5.41) is 5.74. The minimum atomic E-state index is -0.154. The Bertz CT molecular complexity index is 521.